The minimum atomic E-state index is -0.484. The topological polar surface area (TPSA) is 58.6 Å². The molecule has 1 aliphatic heterocycles. The maximum absolute atomic E-state index is 12.8. The molecule has 19 heavy (non-hydrogen) atoms. The number of hydrogen-bond donors (Lipinski definition) is 1. The Balaban J connectivity index is 1.96. The second-order valence-electron chi connectivity index (χ2n) is 4.25. The third kappa shape index (κ3) is 3.21. The van der Waals surface area contributed by atoms with Crippen LogP contribution in [0.25, 0.3) is 0 Å². The largest absolute Gasteiger partial charge is 0.442 e. The first-order valence-corrected chi connectivity index (χ1v) is 6.10. The molecule has 2 rings (SSSR count). The number of amides is 2. The lowest BCUT2D eigenvalue weighted by Crippen LogP contribution is -2.34. The number of ether oxygens (including phenoxy) is 1. The molecule has 5 nitrogen and oxygen atoms in total. The fourth-order valence-electron chi connectivity index (χ4n) is 1.81. The standard InChI is InChI=1S/C13H15FN2O3/c1-2-12(17)15-7-11-8-16(13(18)19-11)10-5-3-9(14)4-6-10/h3-6,11H,2,7-8H2,1H3,(H,15,17)/t11-/m1/s1. The molecule has 1 aliphatic rings. The Kier molecular flexibility index (Phi) is 3.99. The summed E-state index contributed by atoms with van der Waals surface area (Å²) in [7, 11) is 0. The molecule has 1 atom stereocenters. The molecule has 0 aliphatic carbocycles. The third-order valence-corrected chi connectivity index (χ3v) is 2.86. The fraction of sp³-hybridized carbons (Fsp3) is 0.385. The highest BCUT2D eigenvalue weighted by Crippen LogP contribution is 2.21. The van der Waals surface area contributed by atoms with E-state index in [1.54, 1.807) is 6.92 Å². The van der Waals surface area contributed by atoms with Gasteiger partial charge < -0.3 is 10.1 Å². The third-order valence-electron chi connectivity index (χ3n) is 2.86. The van der Waals surface area contributed by atoms with Crippen LogP contribution in [0.1, 0.15) is 13.3 Å². The number of carbonyl (C=O) groups excluding carboxylic acids is 2. The lowest BCUT2D eigenvalue weighted by Gasteiger charge is -2.12. The van der Waals surface area contributed by atoms with E-state index in [0.717, 1.165) is 0 Å². The molecule has 0 unspecified atom stereocenters. The van der Waals surface area contributed by atoms with Crippen molar-refractivity contribution >= 4 is 17.7 Å². The van der Waals surface area contributed by atoms with Crippen LogP contribution in [0.2, 0.25) is 0 Å². The number of carbonyl (C=O) groups is 2. The minimum Gasteiger partial charge on any atom is -0.442 e. The molecule has 6 heteroatoms. The van der Waals surface area contributed by atoms with Gasteiger partial charge in [0.1, 0.15) is 11.9 Å². The van der Waals surface area contributed by atoms with Gasteiger partial charge in [-0.2, -0.15) is 0 Å². The maximum atomic E-state index is 12.8. The second-order valence-corrected chi connectivity index (χ2v) is 4.25. The molecule has 2 amide bonds. The molecule has 0 radical (unpaired) electrons. The molecule has 1 N–H and O–H groups in total. The van der Waals surface area contributed by atoms with Crippen LogP contribution in [0.3, 0.4) is 0 Å². The van der Waals surface area contributed by atoms with Gasteiger partial charge >= 0.3 is 6.09 Å². The lowest BCUT2D eigenvalue weighted by atomic mass is 10.2. The van der Waals surface area contributed by atoms with Crippen LogP contribution >= 0.6 is 0 Å². The van der Waals surface area contributed by atoms with Gasteiger partial charge in [0, 0.05) is 12.1 Å². The van der Waals surface area contributed by atoms with Gasteiger partial charge in [-0.1, -0.05) is 6.92 Å². The summed E-state index contributed by atoms with van der Waals surface area (Å²) >= 11 is 0. The minimum absolute atomic E-state index is 0.0868. The molecule has 0 saturated carbocycles. The lowest BCUT2D eigenvalue weighted by molar-refractivity contribution is -0.121. The molecule has 102 valence electrons. The van der Waals surface area contributed by atoms with Crippen molar-refractivity contribution in [2.75, 3.05) is 18.0 Å². The number of rotatable bonds is 4. The number of nitrogens with one attached hydrogen (secondary N) is 1. The molecule has 0 bridgehead atoms. The molecule has 0 spiro atoms. The van der Waals surface area contributed by atoms with Gasteiger partial charge in [-0.3, -0.25) is 9.69 Å². The van der Waals surface area contributed by atoms with E-state index in [9.17, 15) is 14.0 Å². The van der Waals surface area contributed by atoms with E-state index >= 15 is 0 Å². The average Bonchev–Trinajstić information content (AvgIpc) is 2.78. The normalized spacial score (nSPS) is 18.3. The maximum Gasteiger partial charge on any atom is 0.414 e. The van der Waals surface area contributed by atoms with Crippen molar-refractivity contribution < 1.29 is 18.7 Å². The van der Waals surface area contributed by atoms with Crippen molar-refractivity contribution in [1.29, 1.82) is 0 Å². The first-order chi connectivity index (χ1) is 9.10. The van der Waals surface area contributed by atoms with E-state index < -0.39 is 6.09 Å². The van der Waals surface area contributed by atoms with Gasteiger partial charge in [0.25, 0.3) is 0 Å². The zero-order chi connectivity index (χ0) is 13.8. The second kappa shape index (κ2) is 5.69. The van der Waals surface area contributed by atoms with Gasteiger partial charge in [0.05, 0.1) is 13.1 Å². The summed E-state index contributed by atoms with van der Waals surface area (Å²) in [4.78, 5) is 24.2. The SMILES string of the molecule is CCC(=O)NC[C@@H]1CN(c2ccc(F)cc2)C(=O)O1. The van der Waals surface area contributed by atoms with Gasteiger partial charge in [-0.25, -0.2) is 9.18 Å². The van der Waals surface area contributed by atoms with Gasteiger partial charge in [0.2, 0.25) is 5.91 Å². The number of cyclic esters (lactones) is 1. The summed E-state index contributed by atoms with van der Waals surface area (Å²) in [5.41, 5.74) is 0.579. The average molecular weight is 266 g/mol. The summed E-state index contributed by atoms with van der Waals surface area (Å²) < 4.78 is 17.9. The van der Waals surface area contributed by atoms with E-state index in [4.69, 9.17) is 4.74 Å². The van der Waals surface area contributed by atoms with Crippen LogP contribution < -0.4 is 10.2 Å². The van der Waals surface area contributed by atoms with Gasteiger partial charge in [-0.15, -0.1) is 0 Å². The van der Waals surface area contributed by atoms with Crippen LogP contribution in [0, 0.1) is 5.82 Å². The van der Waals surface area contributed by atoms with E-state index in [1.165, 1.54) is 29.2 Å². The Morgan fingerprint density at radius 3 is 2.79 bits per heavy atom. The zero-order valence-electron chi connectivity index (χ0n) is 10.6. The van der Waals surface area contributed by atoms with Crippen LogP contribution in [-0.4, -0.2) is 31.2 Å². The molecule has 1 aromatic rings. The molecule has 1 fully saturated rings. The number of benzene rings is 1. The van der Waals surface area contributed by atoms with Crippen LogP contribution in [-0.2, 0) is 9.53 Å². The molecule has 0 aromatic heterocycles. The first-order valence-electron chi connectivity index (χ1n) is 6.10. The van der Waals surface area contributed by atoms with Crippen molar-refractivity contribution in [3.8, 4) is 0 Å². The van der Waals surface area contributed by atoms with Crippen molar-refractivity contribution in [3.63, 3.8) is 0 Å². The van der Waals surface area contributed by atoms with E-state index in [-0.39, 0.29) is 24.4 Å². The zero-order valence-corrected chi connectivity index (χ0v) is 10.6. The summed E-state index contributed by atoms with van der Waals surface area (Å²) in [5, 5.41) is 2.67. The van der Waals surface area contributed by atoms with Crippen molar-refractivity contribution in [3.05, 3.63) is 30.1 Å². The Morgan fingerprint density at radius 1 is 1.47 bits per heavy atom. The van der Waals surface area contributed by atoms with Crippen molar-refractivity contribution in [2.45, 2.75) is 19.4 Å². The molecule has 1 heterocycles. The van der Waals surface area contributed by atoms with Crippen LogP contribution in [0.5, 0.6) is 0 Å². The van der Waals surface area contributed by atoms with E-state index in [0.29, 0.717) is 18.7 Å². The number of hydrogen-bond acceptors (Lipinski definition) is 3. The van der Waals surface area contributed by atoms with E-state index in [1.807, 2.05) is 0 Å². The summed E-state index contributed by atoms with van der Waals surface area (Å²) in [6.45, 7) is 2.38. The Morgan fingerprint density at radius 2 is 2.16 bits per heavy atom. The Bertz CT molecular complexity index is 475. The van der Waals surface area contributed by atoms with Crippen molar-refractivity contribution in [2.24, 2.45) is 0 Å². The predicted molar refractivity (Wildman–Crippen MR) is 67.3 cm³/mol. The van der Waals surface area contributed by atoms with Gasteiger partial charge in [-0.05, 0) is 24.3 Å². The summed E-state index contributed by atoms with van der Waals surface area (Å²) in [5.74, 6) is -0.445. The molecule has 1 saturated heterocycles. The molecular weight excluding hydrogens is 251 g/mol. The van der Waals surface area contributed by atoms with Crippen molar-refractivity contribution in [1.82, 2.24) is 5.32 Å². The molecular formula is C13H15FN2O3. The highest BCUT2D eigenvalue weighted by Gasteiger charge is 2.32. The van der Waals surface area contributed by atoms with Crippen LogP contribution in [0.4, 0.5) is 14.9 Å². The summed E-state index contributed by atoms with van der Waals surface area (Å²) in [6.07, 6.45) is -0.474. The first kappa shape index (κ1) is 13.3. The Hall–Kier alpha value is -2.11. The molecule has 1 aromatic carbocycles. The summed E-state index contributed by atoms with van der Waals surface area (Å²) in [6, 6.07) is 5.61. The highest BCUT2D eigenvalue weighted by atomic mass is 19.1. The number of anilines is 1. The fourth-order valence-corrected chi connectivity index (χ4v) is 1.81. The van der Waals surface area contributed by atoms with Crippen LogP contribution in [0.15, 0.2) is 24.3 Å². The Labute approximate surface area is 110 Å². The predicted octanol–water partition coefficient (Wildman–Crippen LogP) is 1.68. The number of halogens is 1. The smallest absolute Gasteiger partial charge is 0.414 e. The monoisotopic (exact) mass is 266 g/mol. The number of nitrogens with zero attached hydrogens (tertiary/aromatic N) is 1. The van der Waals surface area contributed by atoms with Gasteiger partial charge in [0.15, 0.2) is 0 Å². The van der Waals surface area contributed by atoms with E-state index in [2.05, 4.69) is 5.32 Å². The quantitative estimate of drug-likeness (QED) is 0.902. The highest BCUT2D eigenvalue weighted by molar-refractivity contribution is 5.89.